The summed E-state index contributed by atoms with van der Waals surface area (Å²) in [7, 11) is 8.80. The van der Waals surface area contributed by atoms with Gasteiger partial charge in [0.1, 0.15) is 23.0 Å². The molecule has 0 aliphatic carbocycles. The summed E-state index contributed by atoms with van der Waals surface area (Å²) in [6, 6.07) is 23.0. The van der Waals surface area contributed by atoms with Crippen LogP contribution >= 0.6 is 0 Å². The third kappa shape index (κ3) is 6.37. The molecule has 3 aromatic carbocycles. The van der Waals surface area contributed by atoms with Crippen LogP contribution in [0, 0.1) is 0 Å². The van der Waals surface area contributed by atoms with E-state index in [9.17, 15) is 4.79 Å². The van der Waals surface area contributed by atoms with Crippen LogP contribution in [0.15, 0.2) is 77.2 Å². The Morgan fingerprint density at radius 3 is 1.92 bits per heavy atom. The van der Waals surface area contributed by atoms with Gasteiger partial charge in [0.2, 0.25) is 0 Å². The molecule has 4 rings (SSSR count). The quantitative estimate of drug-likeness (QED) is 0.249. The number of methoxy groups -OCH3 is 3. The lowest BCUT2D eigenvalue weighted by atomic mass is 10.1. The molecule has 1 N–H and O–H groups in total. The van der Waals surface area contributed by atoms with E-state index in [2.05, 4.69) is 40.6 Å². The second kappa shape index (κ2) is 12.1. The van der Waals surface area contributed by atoms with Gasteiger partial charge in [-0.05, 0) is 47.5 Å². The number of carbonyl (C=O) groups excluding carboxylic acids is 1. The van der Waals surface area contributed by atoms with E-state index in [0.717, 1.165) is 22.4 Å². The van der Waals surface area contributed by atoms with E-state index in [1.165, 1.54) is 0 Å². The van der Waals surface area contributed by atoms with Crippen molar-refractivity contribution in [3.63, 3.8) is 0 Å². The minimum Gasteiger partial charge on any atom is -0.496 e. The molecule has 0 saturated carbocycles. The third-order valence-corrected chi connectivity index (χ3v) is 6.10. The van der Waals surface area contributed by atoms with E-state index >= 15 is 0 Å². The summed E-state index contributed by atoms with van der Waals surface area (Å²) in [6.45, 7) is 0. The van der Waals surface area contributed by atoms with E-state index in [1.807, 2.05) is 44.4 Å². The number of nitrogens with one attached hydrogen (secondary N) is 1. The summed E-state index contributed by atoms with van der Waals surface area (Å²) in [6.07, 6.45) is 4.49. The van der Waals surface area contributed by atoms with Crippen molar-refractivity contribution in [2.45, 2.75) is 6.42 Å². The van der Waals surface area contributed by atoms with Gasteiger partial charge in [0, 0.05) is 49.6 Å². The molecule has 7 heteroatoms. The third-order valence-electron chi connectivity index (χ3n) is 6.10. The van der Waals surface area contributed by atoms with Crippen LogP contribution in [0.1, 0.15) is 33.0 Å². The maximum atomic E-state index is 12.8. The predicted octanol–water partition coefficient (Wildman–Crippen LogP) is 6.38. The molecule has 1 aromatic heterocycles. The van der Waals surface area contributed by atoms with E-state index in [-0.39, 0.29) is 11.7 Å². The molecule has 0 aliphatic rings. The van der Waals surface area contributed by atoms with Crippen LogP contribution in [-0.4, -0.2) is 41.3 Å². The first-order chi connectivity index (χ1) is 18.4. The Morgan fingerprint density at radius 2 is 1.39 bits per heavy atom. The Bertz CT molecular complexity index is 1380. The molecule has 0 unspecified atom stereocenters. The van der Waals surface area contributed by atoms with Crippen molar-refractivity contribution in [1.82, 2.24) is 0 Å². The maximum Gasteiger partial charge on any atom is 0.291 e. The maximum absolute atomic E-state index is 12.8. The van der Waals surface area contributed by atoms with Crippen molar-refractivity contribution in [3.8, 4) is 17.2 Å². The first kappa shape index (κ1) is 26.4. The molecule has 0 radical (unpaired) electrons. The van der Waals surface area contributed by atoms with Crippen molar-refractivity contribution < 1.29 is 23.4 Å². The van der Waals surface area contributed by atoms with Gasteiger partial charge in [-0.2, -0.15) is 0 Å². The van der Waals surface area contributed by atoms with E-state index in [0.29, 0.717) is 35.1 Å². The first-order valence-electron chi connectivity index (χ1n) is 12.1. The molecule has 7 nitrogen and oxygen atoms in total. The number of rotatable bonds is 10. The molecule has 1 amide bonds. The Labute approximate surface area is 223 Å². The van der Waals surface area contributed by atoms with Gasteiger partial charge < -0.3 is 28.8 Å². The average molecular weight is 513 g/mol. The minimum atomic E-state index is -0.325. The van der Waals surface area contributed by atoms with Gasteiger partial charge in [0.15, 0.2) is 5.76 Å². The Balaban J connectivity index is 1.39. The van der Waals surface area contributed by atoms with Gasteiger partial charge in [-0.25, -0.2) is 0 Å². The topological polar surface area (TPSA) is 73.2 Å². The lowest BCUT2D eigenvalue weighted by Crippen LogP contribution is -2.10. The minimum absolute atomic E-state index is 0.219. The monoisotopic (exact) mass is 512 g/mol. The molecule has 0 bridgehead atoms. The number of carbonyl (C=O) groups is 1. The van der Waals surface area contributed by atoms with E-state index < -0.39 is 0 Å². The van der Waals surface area contributed by atoms with E-state index in [4.69, 9.17) is 18.6 Å². The molecule has 0 aliphatic heterocycles. The van der Waals surface area contributed by atoms with Crippen molar-refractivity contribution >= 4 is 29.4 Å². The van der Waals surface area contributed by atoms with Crippen LogP contribution in [0.3, 0.4) is 0 Å². The van der Waals surface area contributed by atoms with Crippen LogP contribution in [0.5, 0.6) is 17.2 Å². The predicted molar refractivity (Wildman–Crippen MR) is 152 cm³/mol. The Morgan fingerprint density at radius 1 is 0.816 bits per heavy atom. The van der Waals surface area contributed by atoms with E-state index in [1.54, 1.807) is 45.6 Å². The van der Waals surface area contributed by atoms with Crippen molar-refractivity contribution in [1.29, 1.82) is 0 Å². The highest BCUT2D eigenvalue weighted by Crippen LogP contribution is 2.36. The standard InChI is InChI=1S/C31H32N2O5/c1-33(2)24-14-10-22(11-15-24)7-6-21-8-12-23(13-9-21)32-31(34)28-17-16-25(38-28)18-27-29(36-4)19-26(35-3)20-30(27)37-5/h6-17,19-20H,18H2,1-5H3,(H,32,34)/b7-6+. The second-order valence-corrected chi connectivity index (χ2v) is 8.85. The molecular weight excluding hydrogens is 480 g/mol. The number of nitrogens with zero attached hydrogens (tertiary/aromatic N) is 1. The number of furan rings is 1. The highest BCUT2D eigenvalue weighted by atomic mass is 16.5. The summed E-state index contributed by atoms with van der Waals surface area (Å²) in [5.74, 6) is 2.36. The van der Waals surface area contributed by atoms with Crippen LogP contribution in [0.25, 0.3) is 12.2 Å². The summed E-state index contributed by atoms with van der Waals surface area (Å²) in [5, 5.41) is 2.89. The number of anilines is 2. The summed E-state index contributed by atoms with van der Waals surface area (Å²) < 4.78 is 22.2. The van der Waals surface area contributed by atoms with Gasteiger partial charge in [-0.3, -0.25) is 4.79 Å². The van der Waals surface area contributed by atoms with Gasteiger partial charge in [0.25, 0.3) is 5.91 Å². The van der Waals surface area contributed by atoms with Crippen molar-refractivity contribution in [2.75, 3.05) is 45.6 Å². The molecule has 38 heavy (non-hydrogen) atoms. The summed E-state index contributed by atoms with van der Waals surface area (Å²) in [5.41, 5.74) is 4.79. The molecule has 0 fully saturated rings. The van der Waals surface area contributed by atoms with Gasteiger partial charge in [-0.1, -0.05) is 36.4 Å². The zero-order valence-electron chi connectivity index (χ0n) is 22.3. The van der Waals surface area contributed by atoms with Gasteiger partial charge >= 0.3 is 0 Å². The van der Waals surface area contributed by atoms with Crippen LogP contribution in [0.4, 0.5) is 11.4 Å². The van der Waals surface area contributed by atoms with Crippen LogP contribution in [0.2, 0.25) is 0 Å². The fourth-order valence-corrected chi connectivity index (χ4v) is 3.97. The van der Waals surface area contributed by atoms with Gasteiger partial charge in [-0.15, -0.1) is 0 Å². The normalized spacial score (nSPS) is 10.9. The Hall–Kier alpha value is -4.65. The molecule has 1 heterocycles. The smallest absolute Gasteiger partial charge is 0.291 e. The van der Waals surface area contributed by atoms with Crippen molar-refractivity contribution in [2.24, 2.45) is 0 Å². The highest BCUT2D eigenvalue weighted by molar-refractivity contribution is 6.02. The van der Waals surface area contributed by atoms with Crippen LogP contribution in [-0.2, 0) is 6.42 Å². The zero-order valence-corrected chi connectivity index (χ0v) is 22.3. The molecule has 0 saturated heterocycles. The molecular formula is C31H32N2O5. The van der Waals surface area contributed by atoms with Gasteiger partial charge in [0.05, 0.1) is 21.3 Å². The first-order valence-corrected chi connectivity index (χ1v) is 12.1. The Kier molecular flexibility index (Phi) is 8.38. The molecule has 0 atom stereocenters. The number of ether oxygens (including phenoxy) is 3. The number of hydrogen-bond acceptors (Lipinski definition) is 6. The molecule has 4 aromatic rings. The SMILES string of the molecule is COc1cc(OC)c(Cc2ccc(C(=O)Nc3ccc(/C=C/c4ccc(N(C)C)cc4)cc3)o2)c(OC)c1. The van der Waals surface area contributed by atoms with Crippen molar-refractivity contribution in [3.05, 3.63) is 101 Å². The molecule has 196 valence electrons. The fraction of sp³-hybridized carbons (Fsp3) is 0.194. The highest BCUT2D eigenvalue weighted by Gasteiger charge is 2.17. The lowest BCUT2D eigenvalue weighted by Gasteiger charge is -2.14. The summed E-state index contributed by atoms with van der Waals surface area (Å²) in [4.78, 5) is 14.9. The number of amides is 1. The summed E-state index contributed by atoms with van der Waals surface area (Å²) >= 11 is 0. The number of hydrogen-bond donors (Lipinski definition) is 1. The zero-order chi connectivity index (χ0) is 27.1. The van der Waals surface area contributed by atoms with Crippen LogP contribution < -0.4 is 24.4 Å². The average Bonchev–Trinajstić information content (AvgIpc) is 3.41. The largest absolute Gasteiger partial charge is 0.496 e. The second-order valence-electron chi connectivity index (χ2n) is 8.85. The lowest BCUT2D eigenvalue weighted by molar-refractivity contribution is 0.0995. The fourth-order valence-electron chi connectivity index (χ4n) is 3.97. The number of benzene rings is 3. The molecule has 0 spiro atoms.